The Balaban J connectivity index is 1.49. The summed E-state index contributed by atoms with van der Waals surface area (Å²) >= 11 is 0.842. The van der Waals surface area contributed by atoms with E-state index in [0.29, 0.717) is 23.0 Å². The number of furan rings is 2. The number of hydrogen-bond acceptors (Lipinski definition) is 7. The van der Waals surface area contributed by atoms with Gasteiger partial charge in [0.05, 0.1) is 24.0 Å². The molecule has 0 atom stereocenters. The van der Waals surface area contributed by atoms with Gasteiger partial charge in [0.2, 0.25) is 10.0 Å². The van der Waals surface area contributed by atoms with Gasteiger partial charge in [0.25, 0.3) is 11.1 Å². The molecule has 2 amide bonds. The second-order valence-corrected chi connectivity index (χ2v) is 9.24. The number of carbonyl (C=O) groups excluding carboxylic acids is 2. The highest BCUT2D eigenvalue weighted by Gasteiger charge is 2.35. The van der Waals surface area contributed by atoms with Crippen LogP contribution in [0.3, 0.4) is 0 Å². The van der Waals surface area contributed by atoms with Crippen LogP contribution in [-0.4, -0.2) is 30.7 Å². The molecule has 0 saturated carbocycles. The maximum atomic E-state index is 12.6. The number of anilines is 1. The molecule has 1 fully saturated rings. The largest absolute Gasteiger partial charge is 0.467 e. The zero-order valence-corrected chi connectivity index (χ0v) is 17.3. The number of nitrogens with zero attached hydrogens (tertiary/aromatic N) is 1. The van der Waals surface area contributed by atoms with Gasteiger partial charge in [0.15, 0.2) is 0 Å². The van der Waals surface area contributed by atoms with Gasteiger partial charge in [-0.25, -0.2) is 8.42 Å². The van der Waals surface area contributed by atoms with Crippen molar-refractivity contribution in [1.82, 2.24) is 4.90 Å². The fourth-order valence-electron chi connectivity index (χ4n) is 2.83. The van der Waals surface area contributed by atoms with Crippen LogP contribution in [0.15, 0.2) is 68.5 Å². The fourth-order valence-corrected chi connectivity index (χ4v) is 4.21. The lowest BCUT2D eigenvalue weighted by Gasteiger charge is -2.09. The molecular weight excluding hydrogens is 428 g/mol. The standard InChI is InChI=1S/C20H16N2O6S2/c1-30(25,26)21-14-6-4-13(5-7-14)17-9-8-15(28-17)11-18-19(23)22(20(24)29-18)12-16-3-2-10-27-16/h2-11,21H,12H2,1H3. The highest BCUT2D eigenvalue weighted by molar-refractivity contribution is 8.18. The first kappa shape index (κ1) is 20.0. The molecule has 3 heterocycles. The second kappa shape index (κ2) is 7.88. The Labute approximate surface area is 176 Å². The summed E-state index contributed by atoms with van der Waals surface area (Å²) in [5.74, 6) is 1.08. The predicted molar refractivity (Wildman–Crippen MR) is 113 cm³/mol. The van der Waals surface area contributed by atoms with Crippen LogP contribution in [0.25, 0.3) is 17.4 Å². The minimum atomic E-state index is -3.35. The summed E-state index contributed by atoms with van der Waals surface area (Å²) in [6.45, 7) is 0.0757. The zero-order chi connectivity index (χ0) is 21.3. The molecule has 0 unspecified atom stereocenters. The number of benzene rings is 1. The van der Waals surface area contributed by atoms with Gasteiger partial charge in [0.1, 0.15) is 17.3 Å². The maximum Gasteiger partial charge on any atom is 0.293 e. The van der Waals surface area contributed by atoms with Crippen molar-refractivity contribution in [3.05, 3.63) is 71.2 Å². The van der Waals surface area contributed by atoms with Gasteiger partial charge in [-0.1, -0.05) is 0 Å². The summed E-state index contributed by atoms with van der Waals surface area (Å²) in [6, 6.07) is 13.5. The number of sulfonamides is 1. The molecule has 0 bridgehead atoms. The van der Waals surface area contributed by atoms with Crippen molar-refractivity contribution in [3.8, 4) is 11.3 Å². The first-order valence-electron chi connectivity index (χ1n) is 8.74. The van der Waals surface area contributed by atoms with E-state index in [2.05, 4.69) is 4.72 Å². The van der Waals surface area contributed by atoms with E-state index >= 15 is 0 Å². The second-order valence-electron chi connectivity index (χ2n) is 6.50. The summed E-state index contributed by atoms with van der Waals surface area (Å²) in [7, 11) is -3.35. The Morgan fingerprint density at radius 2 is 1.87 bits per heavy atom. The van der Waals surface area contributed by atoms with E-state index in [1.165, 1.54) is 12.3 Å². The Morgan fingerprint density at radius 1 is 1.10 bits per heavy atom. The van der Waals surface area contributed by atoms with E-state index in [0.717, 1.165) is 28.5 Å². The van der Waals surface area contributed by atoms with Crippen LogP contribution in [0.2, 0.25) is 0 Å². The highest BCUT2D eigenvalue weighted by atomic mass is 32.2. The Hall–Kier alpha value is -3.24. The molecule has 3 aromatic rings. The van der Waals surface area contributed by atoms with Crippen molar-refractivity contribution < 1.29 is 26.8 Å². The molecule has 10 heteroatoms. The Bertz CT molecular complexity index is 1220. The van der Waals surface area contributed by atoms with Gasteiger partial charge >= 0.3 is 0 Å². The van der Waals surface area contributed by atoms with E-state index in [1.807, 2.05) is 0 Å². The number of amides is 2. The molecule has 1 N–H and O–H groups in total. The summed E-state index contributed by atoms with van der Waals surface area (Å²) < 4.78 is 35.9. The van der Waals surface area contributed by atoms with E-state index in [1.54, 1.807) is 48.5 Å². The topological polar surface area (TPSA) is 110 Å². The van der Waals surface area contributed by atoms with Gasteiger partial charge in [0, 0.05) is 17.3 Å². The number of nitrogens with one attached hydrogen (secondary N) is 1. The van der Waals surface area contributed by atoms with Crippen molar-refractivity contribution >= 4 is 44.7 Å². The van der Waals surface area contributed by atoms with E-state index in [9.17, 15) is 18.0 Å². The third kappa shape index (κ3) is 4.50. The molecule has 1 aromatic carbocycles. The minimum absolute atomic E-state index is 0.0757. The molecule has 2 aromatic heterocycles. The highest BCUT2D eigenvalue weighted by Crippen LogP contribution is 2.34. The van der Waals surface area contributed by atoms with Gasteiger partial charge in [-0.2, -0.15) is 0 Å². The lowest BCUT2D eigenvalue weighted by molar-refractivity contribution is -0.123. The van der Waals surface area contributed by atoms with Crippen LogP contribution < -0.4 is 4.72 Å². The summed E-state index contributed by atoms with van der Waals surface area (Å²) in [6.07, 6.45) is 4.09. The minimum Gasteiger partial charge on any atom is -0.467 e. The normalized spacial score (nSPS) is 15.9. The monoisotopic (exact) mass is 444 g/mol. The van der Waals surface area contributed by atoms with Crippen molar-refractivity contribution in [3.63, 3.8) is 0 Å². The quantitative estimate of drug-likeness (QED) is 0.569. The first-order valence-corrected chi connectivity index (χ1v) is 11.4. The number of imide groups is 1. The molecule has 0 aliphatic carbocycles. The molecule has 154 valence electrons. The van der Waals surface area contributed by atoms with Gasteiger partial charge in [-0.15, -0.1) is 0 Å². The maximum absolute atomic E-state index is 12.6. The van der Waals surface area contributed by atoms with E-state index < -0.39 is 15.9 Å². The average molecular weight is 444 g/mol. The lowest BCUT2D eigenvalue weighted by atomic mass is 10.1. The molecule has 4 rings (SSSR count). The summed E-state index contributed by atoms with van der Waals surface area (Å²) in [4.78, 5) is 26.1. The number of hydrogen-bond donors (Lipinski definition) is 1. The molecule has 8 nitrogen and oxygen atoms in total. The zero-order valence-electron chi connectivity index (χ0n) is 15.7. The Morgan fingerprint density at radius 3 is 2.53 bits per heavy atom. The smallest absolute Gasteiger partial charge is 0.293 e. The van der Waals surface area contributed by atoms with Crippen LogP contribution in [0.4, 0.5) is 10.5 Å². The summed E-state index contributed by atoms with van der Waals surface area (Å²) in [5.41, 5.74) is 1.18. The van der Waals surface area contributed by atoms with Crippen LogP contribution in [0.5, 0.6) is 0 Å². The van der Waals surface area contributed by atoms with E-state index in [4.69, 9.17) is 8.83 Å². The molecule has 1 aliphatic rings. The third-order valence-electron chi connectivity index (χ3n) is 4.14. The predicted octanol–water partition coefficient (Wildman–Crippen LogP) is 4.15. The molecular formula is C20H16N2O6S2. The average Bonchev–Trinajstić information content (AvgIpc) is 3.40. The third-order valence-corrected chi connectivity index (χ3v) is 5.65. The SMILES string of the molecule is CS(=O)(=O)Nc1ccc(-c2ccc(C=C3SC(=O)N(Cc4ccco4)C3=O)o2)cc1. The van der Waals surface area contributed by atoms with Crippen molar-refractivity contribution in [2.75, 3.05) is 11.0 Å². The van der Waals surface area contributed by atoms with Crippen molar-refractivity contribution in [2.24, 2.45) is 0 Å². The number of carbonyl (C=O) groups is 2. The van der Waals surface area contributed by atoms with Gasteiger partial charge in [-0.05, 0) is 60.3 Å². The van der Waals surface area contributed by atoms with Crippen LogP contribution in [-0.2, 0) is 21.4 Å². The van der Waals surface area contributed by atoms with Crippen LogP contribution in [0, 0.1) is 0 Å². The van der Waals surface area contributed by atoms with Crippen LogP contribution >= 0.6 is 11.8 Å². The van der Waals surface area contributed by atoms with Crippen molar-refractivity contribution in [2.45, 2.75) is 6.54 Å². The molecule has 0 radical (unpaired) electrons. The van der Waals surface area contributed by atoms with Crippen molar-refractivity contribution in [1.29, 1.82) is 0 Å². The molecule has 1 aliphatic heterocycles. The number of thioether (sulfide) groups is 1. The molecule has 0 spiro atoms. The lowest BCUT2D eigenvalue weighted by Crippen LogP contribution is -2.27. The van der Waals surface area contributed by atoms with Crippen LogP contribution in [0.1, 0.15) is 11.5 Å². The Kier molecular flexibility index (Phi) is 5.27. The molecule has 1 saturated heterocycles. The first-order chi connectivity index (χ1) is 14.3. The van der Waals surface area contributed by atoms with E-state index in [-0.39, 0.29) is 16.7 Å². The summed E-state index contributed by atoms with van der Waals surface area (Å²) in [5, 5.41) is -0.372. The fraction of sp³-hybridized carbons (Fsp3) is 0.100. The van der Waals surface area contributed by atoms with Gasteiger partial charge < -0.3 is 8.83 Å². The van der Waals surface area contributed by atoms with Gasteiger partial charge in [-0.3, -0.25) is 19.2 Å². The number of rotatable bonds is 6. The molecule has 30 heavy (non-hydrogen) atoms.